The van der Waals surface area contributed by atoms with Crippen molar-refractivity contribution in [2.45, 2.75) is 59.4 Å². The number of hydrogen-bond donors (Lipinski definition) is 1. The van der Waals surface area contributed by atoms with Crippen molar-refractivity contribution in [2.24, 2.45) is 5.92 Å². The van der Waals surface area contributed by atoms with Gasteiger partial charge in [0.15, 0.2) is 0 Å². The first-order valence-electron chi connectivity index (χ1n) is 8.40. The summed E-state index contributed by atoms with van der Waals surface area (Å²) in [5, 5.41) is 3.43. The van der Waals surface area contributed by atoms with Gasteiger partial charge < -0.3 is 5.32 Å². The second-order valence-corrected chi connectivity index (χ2v) is 8.21. The largest absolute Gasteiger partial charge is 0.314 e. The van der Waals surface area contributed by atoms with Gasteiger partial charge in [0, 0.05) is 32.2 Å². The molecule has 0 aromatic carbocycles. The molecular weight excluding hydrogens is 286 g/mol. The van der Waals surface area contributed by atoms with Crippen LogP contribution in [-0.4, -0.2) is 55.8 Å². The summed E-state index contributed by atoms with van der Waals surface area (Å²) in [5.41, 5.74) is 0. The van der Waals surface area contributed by atoms with Gasteiger partial charge in [0.1, 0.15) is 0 Å². The molecule has 0 saturated carbocycles. The van der Waals surface area contributed by atoms with Crippen molar-refractivity contribution in [3.8, 4) is 0 Å². The first-order valence-corrected chi connectivity index (χ1v) is 9.80. The van der Waals surface area contributed by atoms with Gasteiger partial charge in [-0.15, -0.1) is 0 Å². The Balaban J connectivity index is 2.64. The lowest BCUT2D eigenvalue weighted by Gasteiger charge is -2.35. The molecule has 1 heterocycles. The number of piperidine rings is 1. The monoisotopic (exact) mass is 319 g/mol. The van der Waals surface area contributed by atoms with Crippen LogP contribution in [0.15, 0.2) is 0 Å². The van der Waals surface area contributed by atoms with Crippen LogP contribution >= 0.6 is 0 Å². The highest BCUT2D eigenvalue weighted by molar-refractivity contribution is 7.86. The standard InChI is InChI=1S/C15H33N3O2S/c1-5-7-10-17(6-2)21(19,20)18-11-8-9-15(13-18)12-16-14(3)4/h14-16H,5-13H2,1-4H3. The lowest BCUT2D eigenvalue weighted by molar-refractivity contribution is 0.239. The van der Waals surface area contributed by atoms with E-state index in [0.717, 1.165) is 32.2 Å². The van der Waals surface area contributed by atoms with E-state index in [9.17, 15) is 8.42 Å². The zero-order valence-corrected chi connectivity index (χ0v) is 15.0. The second-order valence-electron chi connectivity index (χ2n) is 6.28. The Labute approximate surface area is 131 Å². The van der Waals surface area contributed by atoms with Gasteiger partial charge in [0.05, 0.1) is 0 Å². The number of nitrogens with one attached hydrogen (secondary N) is 1. The highest BCUT2D eigenvalue weighted by Crippen LogP contribution is 2.21. The van der Waals surface area contributed by atoms with Crippen molar-refractivity contribution in [3.05, 3.63) is 0 Å². The van der Waals surface area contributed by atoms with Crippen LogP contribution in [0, 0.1) is 5.92 Å². The van der Waals surface area contributed by atoms with Crippen molar-refractivity contribution < 1.29 is 8.42 Å². The zero-order valence-electron chi connectivity index (χ0n) is 14.1. The predicted molar refractivity (Wildman–Crippen MR) is 88.5 cm³/mol. The lowest BCUT2D eigenvalue weighted by Crippen LogP contribution is -2.49. The predicted octanol–water partition coefficient (Wildman–Crippen LogP) is 2.06. The van der Waals surface area contributed by atoms with E-state index in [1.54, 1.807) is 8.61 Å². The van der Waals surface area contributed by atoms with E-state index < -0.39 is 10.2 Å². The van der Waals surface area contributed by atoms with Gasteiger partial charge in [-0.1, -0.05) is 34.1 Å². The van der Waals surface area contributed by atoms with Gasteiger partial charge in [0.25, 0.3) is 10.2 Å². The van der Waals surface area contributed by atoms with E-state index in [4.69, 9.17) is 0 Å². The van der Waals surface area contributed by atoms with E-state index in [0.29, 0.717) is 38.1 Å². The third kappa shape index (κ3) is 5.85. The SMILES string of the molecule is CCCCN(CC)S(=O)(=O)N1CCCC(CNC(C)C)C1. The molecule has 0 aromatic heterocycles. The molecule has 0 radical (unpaired) electrons. The fourth-order valence-corrected chi connectivity index (χ4v) is 4.51. The Morgan fingerprint density at radius 3 is 2.62 bits per heavy atom. The molecule has 6 heteroatoms. The molecule has 5 nitrogen and oxygen atoms in total. The molecule has 0 bridgehead atoms. The minimum atomic E-state index is -3.28. The minimum Gasteiger partial charge on any atom is -0.314 e. The maximum Gasteiger partial charge on any atom is 0.281 e. The van der Waals surface area contributed by atoms with Crippen LogP contribution in [0.2, 0.25) is 0 Å². The smallest absolute Gasteiger partial charge is 0.281 e. The summed E-state index contributed by atoms with van der Waals surface area (Å²) >= 11 is 0. The molecular formula is C15H33N3O2S. The molecule has 1 aliphatic heterocycles. The Bertz CT molecular complexity index is 384. The van der Waals surface area contributed by atoms with Gasteiger partial charge in [0.2, 0.25) is 0 Å². The quantitative estimate of drug-likeness (QED) is 0.708. The van der Waals surface area contributed by atoms with Crippen molar-refractivity contribution in [3.63, 3.8) is 0 Å². The number of unbranched alkanes of at least 4 members (excludes halogenated alkanes) is 1. The minimum absolute atomic E-state index is 0.431. The fraction of sp³-hybridized carbons (Fsp3) is 1.00. The van der Waals surface area contributed by atoms with Crippen LogP contribution in [0.5, 0.6) is 0 Å². The van der Waals surface area contributed by atoms with Gasteiger partial charge >= 0.3 is 0 Å². The normalized spacial score (nSPS) is 21.3. The highest BCUT2D eigenvalue weighted by Gasteiger charge is 2.32. The molecule has 0 spiro atoms. The molecule has 1 fully saturated rings. The molecule has 1 saturated heterocycles. The summed E-state index contributed by atoms with van der Waals surface area (Å²) in [7, 11) is -3.28. The zero-order chi connectivity index (χ0) is 15.9. The van der Waals surface area contributed by atoms with Crippen molar-refractivity contribution in [1.82, 2.24) is 13.9 Å². The van der Waals surface area contributed by atoms with E-state index in [2.05, 4.69) is 26.1 Å². The highest BCUT2D eigenvalue weighted by atomic mass is 32.2. The first kappa shape index (κ1) is 18.9. The average Bonchev–Trinajstić information content (AvgIpc) is 2.46. The van der Waals surface area contributed by atoms with Gasteiger partial charge in [-0.25, -0.2) is 0 Å². The molecule has 21 heavy (non-hydrogen) atoms. The summed E-state index contributed by atoms with van der Waals surface area (Å²) in [6, 6.07) is 0.452. The third-order valence-corrected chi connectivity index (χ3v) is 6.14. The van der Waals surface area contributed by atoms with Crippen molar-refractivity contribution >= 4 is 10.2 Å². The molecule has 1 N–H and O–H groups in total. The van der Waals surface area contributed by atoms with Gasteiger partial charge in [-0.05, 0) is 31.7 Å². The summed E-state index contributed by atoms with van der Waals surface area (Å²) in [6.45, 7) is 11.7. The van der Waals surface area contributed by atoms with Gasteiger partial charge in [-0.2, -0.15) is 17.0 Å². The van der Waals surface area contributed by atoms with Crippen LogP contribution in [0.4, 0.5) is 0 Å². The number of rotatable bonds is 9. The Morgan fingerprint density at radius 2 is 2.05 bits per heavy atom. The van der Waals surface area contributed by atoms with Crippen LogP contribution < -0.4 is 5.32 Å². The van der Waals surface area contributed by atoms with E-state index in [1.165, 1.54) is 0 Å². The van der Waals surface area contributed by atoms with Gasteiger partial charge in [-0.3, -0.25) is 0 Å². The van der Waals surface area contributed by atoms with Crippen molar-refractivity contribution in [1.29, 1.82) is 0 Å². The van der Waals surface area contributed by atoms with Crippen LogP contribution in [-0.2, 0) is 10.2 Å². The van der Waals surface area contributed by atoms with E-state index >= 15 is 0 Å². The average molecular weight is 320 g/mol. The topological polar surface area (TPSA) is 52.7 Å². The molecule has 0 aromatic rings. The molecule has 126 valence electrons. The molecule has 1 atom stereocenters. The van der Waals surface area contributed by atoms with Crippen LogP contribution in [0.25, 0.3) is 0 Å². The molecule has 0 amide bonds. The number of hydrogen-bond acceptors (Lipinski definition) is 3. The van der Waals surface area contributed by atoms with Crippen molar-refractivity contribution in [2.75, 3.05) is 32.7 Å². The Morgan fingerprint density at radius 1 is 1.33 bits per heavy atom. The fourth-order valence-electron chi connectivity index (χ4n) is 2.74. The second kappa shape index (κ2) is 9.08. The molecule has 0 aliphatic carbocycles. The third-order valence-electron chi connectivity index (χ3n) is 4.06. The summed E-state index contributed by atoms with van der Waals surface area (Å²) in [4.78, 5) is 0. The molecule has 1 unspecified atom stereocenters. The Kier molecular flexibility index (Phi) is 8.16. The molecule has 1 aliphatic rings. The summed E-state index contributed by atoms with van der Waals surface area (Å²) < 4.78 is 28.8. The molecule has 1 rings (SSSR count). The lowest BCUT2D eigenvalue weighted by atomic mass is 9.99. The summed E-state index contributed by atoms with van der Waals surface area (Å²) in [6.07, 6.45) is 4.04. The first-order chi connectivity index (χ1) is 9.91. The van der Waals surface area contributed by atoms with Crippen LogP contribution in [0.1, 0.15) is 53.4 Å². The maximum atomic E-state index is 12.7. The van der Waals surface area contributed by atoms with Crippen LogP contribution in [0.3, 0.4) is 0 Å². The van der Waals surface area contributed by atoms with E-state index in [1.807, 2.05) is 6.92 Å². The Hall–Kier alpha value is -0.170. The van der Waals surface area contributed by atoms with E-state index in [-0.39, 0.29) is 0 Å². The summed E-state index contributed by atoms with van der Waals surface area (Å²) in [5.74, 6) is 0.431. The number of nitrogens with zero attached hydrogens (tertiary/aromatic N) is 2. The maximum absolute atomic E-state index is 12.7.